The summed E-state index contributed by atoms with van der Waals surface area (Å²) in [4.78, 5) is 0. The Balaban J connectivity index is 1.72. The van der Waals surface area contributed by atoms with Crippen molar-refractivity contribution in [2.75, 3.05) is 11.9 Å². The second kappa shape index (κ2) is 5.45. The first-order chi connectivity index (χ1) is 9.33. The van der Waals surface area contributed by atoms with Gasteiger partial charge in [-0.1, -0.05) is 42.5 Å². The molecule has 0 bridgehead atoms. The summed E-state index contributed by atoms with van der Waals surface area (Å²) in [5.74, 6) is 0. The monoisotopic (exact) mass is 253 g/mol. The zero-order valence-corrected chi connectivity index (χ0v) is 11.2. The average Bonchev–Trinajstić information content (AvgIpc) is 2.86. The maximum Gasteiger partial charge on any atom is 0.0748 e. The Bertz CT molecular complexity index is 521. The molecule has 3 rings (SSSR count). The van der Waals surface area contributed by atoms with Crippen LogP contribution in [0.4, 0.5) is 5.69 Å². The van der Waals surface area contributed by atoms with Gasteiger partial charge in [0.05, 0.1) is 12.1 Å². The van der Waals surface area contributed by atoms with Gasteiger partial charge >= 0.3 is 0 Å². The van der Waals surface area contributed by atoms with Crippen molar-refractivity contribution in [2.24, 2.45) is 0 Å². The first-order valence-electron chi connectivity index (χ1n) is 6.86. The number of hydrogen-bond donors (Lipinski definition) is 1. The number of nitrogens with one attached hydrogen (secondary N) is 1. The van der Waals surface area contributed by atoms with Gasteiger partial charge in [-0.2, -0.15) is 0 Å². The van der Waals surface area contributed by atoms with E-state index in [4.69, 9.17) is 4.74 Å². The molecular weight excluding hydrogens is 234 g/mol. The first-order valence-corrected chi connectivity index (χ1v) is 6.86. The Hall–Kier alpha value is -1.80. The maximum absolute atomic E-state index is 5.57. The second-order valence-corrected chi connectivity index (χ2v) is 5.06. The number of anilines is 1. The highest BCUT2D eigenvalue weighted by atomic mass is 16.5. The van der Waals surface area contributed by atoms with Gasteiger partial charge < -0.3 is 10.1 Å². The highest BCUT2D eigenvalue weighted by Gasteiger charge is 2.23. The molecule has 1 aliphatic rings. The number of ether oxygens (including phenoxy) is 1. The summed E-state index contributed by atoms with van der Waals surface area (Å²) in [6, 6.07) is 19.5. The van der Waals surface area contributed by atoms with Crippen molar-refractivity contribution in [3.8, 4) is 11.1 Å². The van der Waals surface area contributed by atoms with Gasteiger partial charge in [0.2, 0.25) is 0 Å². The van der Waals surface area contributed by atoms with Gasteiger partial charge in [0.15, 0.2) is 0 Å². The van der Waals surface area contributed by atoms with Gasteiger partial charge in [-0.05, 0) is 36.6 Å². The first kappa shape index (κ1) is 12.2. The van der Waals surface area contributed by atoms with Gasteiger partial charge in [0.25, 0.3) is 0 Å². The van der Waals surface area contributed by atoms with Gasteiger partial charge in [0.1, 0.15) is 0 Å². The predicted octanol–water partition coefficient (Wildman–Crippen LogP) is 3.94. The molecule has 2 atom stereocenters. The van der Waals surface area contributed by atoms with Crippen molar-refractivity contribution in [3.63, 3.8) is 0 Å². The Kier molecular flexibility index (Phi) is 3.51. The molecule has 2 aromatic carbocycles. The molecule has 1 saturated heterocycles. The molecular formula is C17H19NO. The second-order valence-electron chi connectivity index (χ2n) is 5.06. The molecule has 0 aliphatic carbocycles. The summed E-state index contributed by atoms with van der Waals surface area (Å²) in [5.41, 5.74) is 3.68. The van der Waals surface area contributed by atoms with Crippen LogP contribution in [-0.4, -0.2) is 18.8 Å². The lowest BCUT2D eigenvalue weighted by molar-refractivity contribution is 0.121. The summed E-state index contributed by atoms with van der Waals surface area (Å²) in [6.45, 7) is 2.99. The predicted molar refractivity (Wildman–Crippen MR) is 79.3 cm³/mol. The van der Waals surface area contributed by atoms with Gasteiger partial charge in [-0.15, -0.1) is 0 Å². The third-order valence-corrected chi connectivity index (χ3v) is 3.72. The van der Waals surface area contributed by atoms with Crippen LogP contribution in [0.25, 0.3) is 11.1 Å². The third-order valence-electron chi connectivity index (χ3n) is 3.72. The molecule has 0 saturated carbocycles. The molecule has 0 amide bonds. The van der Waals surface area contributed by atoms with Crippen molar-refractivity contribution in [1.82, 2.24) is 0 Å². The molecule has 0 radical (unpaired) electrons. The van der Waals surface area contributed by atoms with Crippen LogP contribution in [-0.2, 0) is 4.74 Å². The van der Waals surface area contributed by atoms with Crippen molar-refractivity contribution in [3.05, 3.63) is 54.6 Å². The largest absolute Gasteiger partial charge is 0.380 e. The summed E-state index contributed by atoms with van der Waals surface area (Å²) < 4.78 is 5.57. The SMILES string of the molecule is CC1OCCC1Nc1ccc(-c2ccccc2)cc1. The lowest BCUT2D eigenvalue weighted by Gasteiger charge is -2.17. The van der Waals surface area contributed by atoms with E-state index in [2.05, 4.69) is 60.8 Å². The fourth-order valence-electron chi connectivity index (χ4n) is 2.52. The van der Waals surface area contributed by atoms with E-state index in [-0.39, 0.29) is 0 Å². The van der Waals surface area contributed by atoms with Crippen molar-refractivity contribution >= 4 is 5.69 Å². The molecule has 2 nitrogen and oxygen atoms in total. The molecule has 0 spiro atoms. The van der Waals surface area contributed by atoms with E-state index in [1.165, 1.54) is 16.8 Å². The number of hydrogen-bond acceptors (Lipinski definition) is 2. The molecule has 2 aromatic rings. The molecule has 0 aromatic heterocycles. The van der Waals surface area contributed by atoms with Gasteiger partial charge in [-0.3, -0.25) is 0 Å². The van der Waals surface area contributed by atoms with Crippen molar-refractivity contribution in [2.45, 2.75) is 25.5 Å². The molecule has 1 fully saturated rings. The summed E-state index contributed by atoms with van der Waals surface area (Å²) in [7, 11) is 0. The van der Waals surface area contributed by atoms with E-state index >= 15 is 0 Å². The fourth-order valence-corrected chi connectivity index (χ4v) is 2.52. The fraction of sp³-hybridized carbons (Fsp3) is 0.294. The van der Waals surface area contributed by atoms with E-state index in [1.807, 2.05) is 6.07 Å². The highest BCUT2D eigenvalue weighted by Crippen LogP contribution is 2.23. The van der Waals surface area contributed by atoms with Crippen LogP contribution in [0.3, 0.4) is 0 Å². The summed E-state index contributed by atoms with van der Waals surface area (Å²) in [6.07, 6.45) is 1.38. The minimum Gasteiger partial charge on any atom is -0.380 e. The van der Waals surface area contributed by atoms with Gasteiger partial charge in [0, 0.05) is 12.3 Å². The lowest BCUT2D eigenvalue weighted by Crippen LogP contribution is -2.26. The molecule has 2 heteroatoms. The zero-order valence-electron chi connectivity index (χ0n) is 11.2. The van der Waals surface area contributed by atoms with Crippen LogP contribution in [0.2, 0.25) is 0 Å². The van der Waals surface area contributed by atoms with Crippen LogP contribution < -0.4 is 5.32 Å². The third kappa shape index (κ3) is 2.79. The van der Waals surface area contributed by atoms with E-state index in [0.29, 0.717) is 12.1 Å². The number of benzene rings is 2. The van der Waals surface area contributed by atoms with Crippen LogP contribution >= 0.6 is 0 Å². The van der Waals surface area contributed by atoms with Crippen molar-refractivity contribution < 1.29 is 4.74 Å². The molecule has 1 N–H and O–H groups in total. The molecule has 1 heterocycles. The summed E-state index contributed by atoms with van der Waals surface area (Å²) >= 11 is 0. The Morgan fingerprint density at radius 1 is 0.947 bits per heavy atom. The van der Waals surface area contributed by atoms with Crippen LogP contribution in [0.5, 0.6) is 0 Å². The Morgan fingerprint density at radius 3 is 2.26 bits per heavy atom. The smallest absolute Gasteiger partial charge is 0.0748 e. The van der Waals surface area contributed by atoms with E-state index < -0.39 is 0 Å². The van der Waals surface area contributed by atoms with Gasteiger partial charge in [-0.25, -0.2) is 0 Å². The minimum absolute atomic E-state index is 0.300. The van der Waals surface area contributed by atoms with E-state index in [0.717, 1.165) is 13.0 Å². The van der Waals surface area contributed by atoms with Crippen LogP contribution in [0, 0.1) is 0 Å². The van der Waals surface area contributed by atoms with Crippen molar-refractivity contribution in [1.29, 1.82) is 0 Å². The maximum atomic E-state index is 5.57. The molecule has 2 unspecified atom stereocenters. The van der Waals surface area contributed by atoms with E-state index in [9.17, 15) is 0 Å². The lowest BCUT2D eigenvalue weighted by atomic mass is 10.1. The quantitative estimate of drug-likeness (QED) is 0.894. The highest BCUT2D eigenvalue weighted by molar-refractivity contribution is 5.65. The number of rotatable bonds is 3. The standard InChI is InChI=1S/C17H19NO/c1-13-17(11-12-19-13)18-16-9-7-15(8-10-16)14-5-3-2-4-6-14/h2-10,13,17-18H,11-12H2,1H3. The molecule has 98 valence electrons. The van der Waals surface area contributed by atoms with E-state index in [1.54, 1.807) is 0 Å². The average molecular weight is 253 g/mol. The zero-order chi connectivity index (χ0) is 13.1. The normalized spacial score (nSPS) is 22.4. The Labute approximate surface area is 114 Å². The van der Waals surface area contributed by atoms with Crippen LogP contribution in [0.1, 0.15) is 13.3 Å². The molecule has 19 heavy (non-hydrogen) atoms. The minimum atomic E-state index is 0.300. The summed E-state index contributed by atoms with van der Waals surface area (Å²) in [5, 5.41) is 3.54. The molecule has 1 aliphatic heterocycles. The topological polar surface area (TPSA) is 21.3 Å². The Morgan fingerprint density at radius 2 is 1.63 bits per heavy atom. The van der Waals surface area contributed by atoms with Crippen LogP contribution in [0.15, 0.2) is 54.6 Å².